The van der Waals surface area contributed by atoms with Crippen molar-refractivity contribution in [3.63, 3.8) is 0 Å². The summed E-state index contributed by atoms with van der Waals surface area (Å²) in [6.07, 6.45) is 1.67. The van der Waals surface area contributed by atoms with Gasteiger partial charge in [0.15, 0.2) is 0 Å². The Balaban J connectivity index is 1.66. The number of benzene rings is 1. The second kappa shape index (κ2) is 5.59. The van der Waals surface area contributed by atoms with Gasteiger partial charge in [0.05, 0.1) is 10.6 Å². The highest BCUT2D eigenvalue weighted by atomic mass is 32.2. The van der Waals surface area contributed by atoms with Crippen molar-refractivity contribution in [2.45, 2.75) is 10.6 Å². The maximum atomic E-state index is 12.8. The molecule has 0 spiro atoms. The Hall–Kier alpha value is -1.59. The average molecular weight is 291 g/mol. The number of aromatic nitrogens is 1. The molecule has 0 unspecified atom stereocenters. The summed E-state index contributed by atoms with van der Waals surface area (Å²) in [7, 11) is 0. The first-order valence-electron chi connectivity index (χ1n) is 5.68. The molecule has 0 saturated carbocycles. The van der Waals surface area contributed by atoms with Gasteiger partial charge in [-0.1, -0.05) is 6.07 Å². The van der Waals surface area contributed by atoms with Crippen molar-refractivity contribution in [2.24, 2.45) is 0 Å². The normalized spacial score (nSPS) is 10.8. The van der Waals surface area contributed by atoms with Crippen molar-refractivity contribution in [3.8, 4) is 10.8 Å². The van der Waals surface area contributed by atoms with E-state index in [9.17, 15) is 4.39 Å². The molecule has 1 aromatic carbocycles. The van der Waals surface area contributed by atoms with Crippen LogP contribution in [0.25, 0.3) is 10.8 Å². The predicted molar refractivity (Wildman–Crippen MR) is 75.8 cm³/mol. The van der Waals surface area contributed by atoms with Crippen LogP contribution in [0, 0.1) is 5.82 Å². The molecule has 5 heteroatoms. The van der Waals surface area contributed by atoms with Gasteiger partial charge in [-0.15, -0.1) is 23.1 Å². The van der Waals surface area contributed by atoms with Crippen molar-refractivity contribution in [2.75, 3.05) is 0 Å². The van der Waals surface area contributed by atoms with Gasteiger partial charge in [0.2, 0.25) is 5.89 Å². The van der Waals surface area contributed by atoms with E-state index in [1.807, 2.05) is 17.5 Å². The third kappa shape index (κ3) is 3.05. The third-order valence-corrected chi connectivity index (χ3v) is 4.39. The van der Waals surface area contributed by atoms with Gasteiger partial charge in [0, 0.05) is 10.6 Å². The minimum atomic E-state index is -0.217. The summed E-state index contributed by atoms with van der Waals surface area (Å²) in [5.41, 5.74) is 0.887. The topological polar surface area (TPSA) is 26.0 Å². The minimum Gasteiger partial charge on any atom is -0.444 e. The molecule has 0 radical (unpaired) electrons. The molecule has 0 fully saturated rings. The quantitative estimate of drug-likeness (QED) is 0.644. The number of oxazole rings is 1. The monoisotopic (exact) mass is 291 g/mol. The van der Waals surface area contributed by atoms with Gasteiger partial charge in [0.1, 0.15) is 12.1 Å². The van der Waals surface area contributed by atoms with E-state index >= 15 is 0 Å². The average Bonchev–Trinajstić information content (AvgIpc) is 3.09. The highest BCUT2D eigenvalue weighted by Gasteiger charge is 2.07. The van der Waals surface area contributed by atoms with Crippen LogP contribution in [-0.2, 0) is 5.75 Å². The largest absolute Gasteiger partial charge is 0.444 e. The molecule has 0 aliphatic carbocycles. The standard InChI is InChI=1S/C14H10FNOS2/c15-10-3-5-12(6-4-10)19-9-11-8-17-14(16-11)13-2-1-7-18-13/h1-8H,9H2. The summed E-state index contributed by atoms with van der Waals surface area (Å²) in [4.78, 5) is 6.48. The van der Waals surface area contributed by atoms with Crippen molar-refractivity contribution in [3.05, 3.63) is 59.6 Å². The number of hydrogen-bond acceptors (Lipinski definition) is 4. The van der Waals surface area contributed by atoms with Crippen LogP contribution in [0.4, 0.5) is 4.39 Å². The van der Waals surface area contributed by atoms with E-state index in [0.717, 1.165) is 15.5 Å². The second-order valence-electron chi connectivity index (χ2n) is 3.86. The molecule has 0 atom stereocenters. The lowest BCUT2D eigenvalue weighted by Crippen LogP contribution is -1.81. The van der Waals surface area contributed by atoms with E-state index in [2.05, 4.69) is 4.98 Å². The van der Waals surface area contributed by atoms with Gasteiger partial charge < -0.3 is 4.42 Å². The summed E-state index contributed by atoms with van der Waals surface area (Å²) in [6.45, 7) is 0. The zero-order valence-electron chi connectivity index (χ0n) is 9.88. The van der Waals surface area contributed by atoms with Crippen LogP contribution in [0.2, 0.25) is 0 Å². The molecular formula is C14H10FNOS2. The van der Waals surface area contributed by atoms with Gasteiger partial charge >= 0.3 is 0 Å². The number of halogens is 1. The van der Waals surface area contributed by atoms with Crippen LogP contribution < -0.4 is 0 Å². The van der Waals surface area contributed by atoms with Crippen LogP contribution in [-0.4, -0.2) is 4.98 Å². The van der Waals surface area contributed by atoms with E-state index in [0.29, 0.717) is 11.6 Å². The fourth-order valence-corrected chi connectivity index (χ4v) is 3.01. The van der Waals surface area contributed by atoms with Gasteiger partial charge in [-0.25, -0.2) is 9.37 Å². The van der Waals surface area contributed by atoms with Gasteiger partial charge in [-0.05, 0) is 35.7 Å². The second-order valence-corrected chi connectivity index (χ2v) is 5.86. The van der Waals surface area contributed by atoms with E-state index in [1.165, 1.54) is 12.1 Å². The molecule has 2 aromatic heterocycles. The summed E-state index contributed by atoms with van der Waals surface area (Å²) in [5, 5.41) is 1.99. The molecular weight excluding hydrogens is 281 g/mol. The highest BCUT2D eigenvalue weighted by Crippen LogP contribution is 2.27. The molecule has 96 valence electrons. The Morgan fingerprint density at radius 2 is 2.05 bits per heavy atom. The maximum Gasteiger partial charge on any atom is 0.236 e. The molecule has 19 heavy (non-hydrogen) atoms. The maximum absolute atomic E-state index is 12.8. The molecule has 0 N–H and O–H groups in total. The molecule has 2 heterocycles. The Bertz CT molecular complexity index is 646. The fourth-order valence-electron chi connectivity index (χ4n) is 1.57. The summed E-state index contributed by atoms with van der Waals surface area (Å²) < 4.78 is 18.2. The van der Waals surface area contributed by atoms with E-state index in [4.69, 9.17) is 4.42 Å². The molecule has 3 aromatic rings. The first-order valence-corrected chi connectivity index (χ1v) is 7.54. The Labute approximate surface area is 118 Å². The Kier molecular flexibility index (Phi) is 3.66. The Morgan fingerprint density at radius 1 is 1.21 bits per heavy atom. The number of rotatable bonds is 4. The lowest BCUT2D eigenvalue weighted by Gasteiger charge is -1.98. The number of nitrogens with zero attached hydrogens (tertiary/aromatic N) is 1. The third-order valence-electron chi connectivity index (χ3n) is 2.48. The SMILES string of the molecule is Fc1ccc(SCc2coc(-c3cccs3)n2)cc1. The van der Waals surface area contributed by atoms with Gasteiger partial charge in [-0.3, -0.25) is 0 Å². The smallest absolute Gasteiger partial charge is 0.236 e. The number of hydrogen-bond donors (Lipinski definition) is 0. The lowest BCUT2D eigenvalue weighted by atomic mass is 10.4. The molecule has 0 amide bonds. The zero-order valence-corrected chi connectivity index (χ0v) is 11.5. The van der Waals surface area contributed by atoms with Gasteiger partial charge in [-0.2, -0.15) is 0 Å². The van der Waals surface area contributed by atoms with Crippen LogP contribution in [0.15, 0.2) is 57.4 Å². The summed E-state index contributed by atoms with van der Waals surface area (Å²) in [6, 6.07) is 10.4. The van der Waals surface area contributed by atoms with Crippen LogP contribution in [0.5, 0.6) is 0 Å². The number of thiophene rings is 1. The van der Waals surface area contributed by atoms with Crippen molar-refractivity contribution >= 4 is 23.1 Å². The zero-order chi connectivity index (χ0) is 13.1. The van der Waals surface area contributed by atoms with Crippen LogP contribution in [0.1, 0.15) is 5.69 Å². The summed E-state index contributed by atoms with van der Waals surface area (Å²) in [5.74, 6) is 1.15. The molecule has 0 bridgehead atoms. The molecule has 0 saturated heterocycles. The van der Waals surface area contributed by atoms with Crippen molar-refractivity contribution < 1.29 is 8.81 Å². The van der Waals surface area contributed by atoms with Crippen molar-refractivity contribution in [1.29, 1.82) is 0 Å². The Morgan fingerprint density at radius 3 is 2.79 bits per heavy atom. The first-order chi connectivity index (χ1) is 9.31. The number of thioether (sulfide) groups is 1. The molecule has 0 aliphatic rings. The van der Waals surface area contributed by atoms with Gasteiger partial charge in [0.25, 0.3) is 0 Å². The first kappa shape index (κ1) is 12.4. The molecule has 3 rings (SSSR count). The van der Waals surface area contributed by atoms with Crippen LogP contribution >= 0.6 is 23.1 Å². The molecule has 0 aliphatic heterocycles. The van der Waals surface area contributed by atoms with Crippen LogP contribution in [0.3, 0.4) is 0 Å². The van der Waals surface area contributed by atoms with Crippen molar-refractivity contribution in [1.82, 2.24) is 4.98 Å². The fraction of sp³-hybridized carbons (Fsp3) is 0.0714. The van der Waals surface area contributed by atoms with E-state index in [1.54, 1.807) is 41.5 Å². The van der Waals surface area contributed by atoms with E-state index in [-0.39, 0.29) is 5.82 Å². The summed E-state index contributed by atoms with van der Waals surface area (Å²) >= 11 is 3.21. The highest BCUT2D eigenvalue weighted by molar-refractivity contribution is 7.98. The lowest BCUT2D eigenvalue weighted by molar-refractivity contribution is 0.575. The minimum absolute atomic E-state index is 0.217. The van der Waals surface area contributed by atoms with E-state index < -0.39 is 0 Å². The molecule has 2 nitrogen and oxygen atoms in total. The predicted octanol–water partition coefficient (Wildman–Crippen LogP) is 4.83.